The molecular weight excluding hydrogens is 449 g/mol. The van der Waals surface area contributed by atoms with Crippen molar-refractivity contribution in [2.24, 2.45) is 0 Å². The SMILES string of the molecule is Cc1ccccc1S(=O)(=O)/C(C#N)=C/c1cc(C(C)C)n(-c2ccccc2C(F)(F)F)c1C. The molecule has 0 amide bonds. The summed E-state index contributed by atoms with van der Waals surface area (Å²) in [6.07, 6.45) is -3.33. The number of aromatic nitrogens is 1. The molecule has 0 aliphatic heterocycles. The van der Waals surface area contributed by atoms with Crippen molar-refractivity contribution in [3.05, 3.63) is 87.6 Å². The van der Waals surface area contributed by atoms with Crippen LogP contribution in [0, 0.1) is 25.2 Å². The minimum atomic E-state index is -4.57. The van der Waals surface area contributed by atoms with Gasteiger partial charge in [-0.05, 0) is 61.2 Å². The van der Waals surface area contributed by atoms with Crippen molar-refractivity contribution in [1.29, 1.82) is 5.26 Å². The van der Waals surface area contributed by atoms with Gasteiger partial charge in [-0.1, -0.05) is 44.2 Å². The number of halogens is 3. The molecular formula is C25H23F3N2O2S. The average molecular weight is 473 g/mol. The quantitative estimate of drug-likeness (QED) is 0.394. The van der Waals surface area contributed by atoms with Crippen LogP contribution in [-0.2, 0) is 16.0 Å². The number of hydrogen-bond donors (Lipinski definition) is 0. The summed E-state index contributed by atoms with van der Waals surface area (Å²) in [6.45, 7) is 6.92. The second-order valence-electron chi connectivity index (χ2n) is 8.00. The summed E-state index contributed by atoms with van der Waals surface area (Å²) < 4.78 is 68.9. The average Bonchev–Trinajstić information content (AvgIpc) is 3.07. The summed E-state index contributed by atoms with van der Waals surface area (Å²) in [5.41, 5.74) is 0.990. The summed E-state index contributed by atoms with van der Waals surface area (Å²) in [5.74, 6) is -0.161. The first-order valence-electron chi connectivity index (χ1n) is 10.2. The molecule has 0 saturated heterocycles. The van der Waals surface area contributed by atoms with Crippen molar-refractivity contribution in [3.63, 3.8) is 0 Å². The van der Waals surface area contributed by atoms with Gasteiger partial charge in [0.2, 0.25) is 9.84 Å². The molecule has 0 saturated carbocycles. The van der Waals surface area contributed by atoms with E-state index in [9.17, 15) is 26.9 Å². The normalized spacial score (nSPS) is 12.8. The number of rotatable bonds is 5. The van der Waals surface area contributed by atoms with Gasteiger partial charge in [0.25, 0.3) is 0 Å². The number of hydrogen-bond acceptors (Lipinski definition) is 3. The number of nitrogens with zero attached hydrogens (tertiary/aromatic N) is 2. The largest absolute Gasteiger partial charge is 0.418 e. The first kappa shape index (κ1) is 24.3. The fourth-order valence-electron chi connectivity index (χ4n) is 3.74. The second-order valence-corrected chi connectivity index (χ2v) is 9.89. The molecule has 0 radical (unpaired) electrons. The summed E-state index contributed by atoms with van der Waals surface area (Å²) in [6, 6.07) is 15.0. The highest BCUT2D eigenvalue weighted by atomic mass is 32.2. The van der Waals surface area contributed by atoms with Crippen LogP contribution < -0.4 is 0 Å². The molecule has 0 unspecified atom stereocenters. The Morgan fingerprint density at radius 2 is 1.67 bits per heavy atom. The van der Waals surface area contributed by atoms with Crippen LogP contribution in [0.2, 0.25) is 0 Å². The highest BCUT2D eigenvalue weighted by Gasteiger charge is 2.34. The van der Waals surface area contributed by atoms with Gasteiger partial charge in [0, 0.05) is 11.4 Å². The molecule has 0 spiro atoms. The third kappa shape index (κ3) is 4.60. The van der Waals surface area contributed by atoms with E-state index in [-0.39, 0.29) is 16.5 Å². The maximum absolute atomic E-state index is 13.7. The Labute approximate surface area is 191 Å². The van der Waals surface area contributed by atoms with E-state index in [0.717, 1.165) is 6.07 Å². The maximum atomic E-state index is 13.7. The number of benzene rings is 2. The molecule has 8 heteroatoms. The molecule has 0 atom stereocenters. The van der Waals surface area contributed by atoms with Crippen LogP contribution in [0.5, 0.6) is 0 Å². The first-order chi connectivity index (χ1) is 15.4. The van der Waals surface area contributed by atoms with Gasteiger partial charge in [0.05, 0.1) is 16.1 Å². The lowest BCUT2D eigenvalue weighted by molar-refractivity contribution is -0.137. The van der Waals surface area contributed by atoms with E-state index in [1.165, 1.54) is 34.9 Å². The molecule has 0 N–H and O–H groups in total. The van der Waals surface area contributed by atoms with Gasteiger partial charge in [0.15, 0.2) is 0 Å². The van der Waals surface area contributed by atoms with Crippen LogP contribution in [0.25, 0.3) is 11.8 Å². The summed E-state index contributed by atoms with van der Waals surface area (Å²) in [7, 11) is -4.11. The maximum Gasteiger partial charge on any atom is 0.418 e. The molecule has 1 heterocycles. The van der Waals surface area contributed by atoms with Crippen molar-refractivity contribution in [2.75, 3.05) is 0 Å². The minimum absolute atomic E-state index is 0.0152. The van der Waals surface area contributed by atoms with Gasteiger partial charge < -0.3 is 4.57 Å². The summed E-state index contributed by atoms with van der Waals surface area (Å²) >= 11 is 0. The molecule has 4 nitrogen and oxygen atoms in total. The van der Waals surface area contributed by atoms with Gasteiger partial charge in [-0.2, -0.15) is 18.4 Å². The Bertz CT molecular complexity index is 1380. The predicted octanol–water partition coefficient (Wildman–Crippen LogP) is 6.57. The Kier molecular flexibility index (Phi) is 6.57. The van der Waals surface area contributed by atoms with Gasteiger partial charge in [-0.15, -0.1) is 0 Å². The number of alkyl halides is 3. The Balaban J connectivity index is 2.27. The van der Waals surface area contributed by atoms with Crippen LogP contribution in [0.3, 0.4) is 0 Å². The van der Waals surface area contributed by atoms with Crippen molar-refractivity contribution in [3.8, 4) is 11.8 Å². The fourth-order valence-corrected chi connectivity index (χ4v) is 5.13. The molecule has 0 aliphatic rings. The Hall–Kier alpha value is -3.31. The van der Waals surface area contributed by atoms with Crippen LogP contribution >= 0.6 is 0 Å². The molecule has 3 rings (SSSR count). The molecule has 2 aromatic carbocycles. The van der Waals surface area contributed by atoms with Crippen LogP contribution in [0.15, 0.2) is 64.4 Å². The monoisotopic (exact) mass is 472 g/mol. The summed E-state index contributed by atoms with van der Waals surface area (Å²) in [5, 5.41) is 9.67. The van der Waals surface area contributed by atoms with E-state index in [1.54, 1.807) is 44.2 Å². The first-order valence-corrected chi connectivity index (χ1v) is 11.7. The lowest BCUT2D eigenvalue weighted by Crippen LogP contribution is -2.13. The van der Waals surface area contributed by atoms with E-state index in [4.69, 9.17) is 0 Å². The van der Waals surface area contributed by atoms with E-state index >= 15 is 0 Å². The molecule has 0 fully saturated rings. The van der Waals surface area contributed by atoms with E-state index in [2.05, 4.69) is 0 Å². The second kappa shape index (κ2) is 8.91. The topological polar surface area (TPSA) is 62.9 Å². The number of sulfone groups is 1. The highest BCUT2D eigenvalue weighted by molar-refractivity contribution is 7.95. The lowest BCUT2D eigenvalue weighted by atomic mass is 10.1. The number of aryl methyl sites for hydroxylation is 1. The Morgan fingerprint density at radius 3 is 2.24 bits per heavy atom. The van der Waals surface area contributed by atoms with Crippen molar-refractivity contribution >= 4 is 15.9 Å². The van der Waals surface area contributed by atoms with Crippen LogP contribution in [-0.4, -0.2) is 13.0 Å². The molecule has 1 aromatic heterocycles. The third-order valence-corrected chi connectivity index (χ3v) is 7.25. The smallest absolute Gasteiger partial charge is 0.317 e. The van der Waals surface area contributed by atoms with Gasteiger partial charge in [-0.3, -0.25) is 0 Å². The Morgan fingerprint density at radius 1 is 1.06 bits per heavy atom. The van der Waals surface area contributed by atoms with E-state index < -0.39 is 26.5 Å². The summed E-state index contributed by atoms with van der Waals surface area (Å²) in [4.78, 5) is -0.460. The van der Waals surface area contributed by atoms with Crippen LogP contribution in [0.1, 0.15) is 47.8 Å². The van der Waals surface area contributed by atoms with Gasteiger partial charge >= 0.3 is 6.18 Å². The van der Waals surface area contributed by atoms with E-state index in [0.29, 0.717) is 22.5 Å². The molecule has 33 heavy (non-hydrogen) atoms. The third-order valence-electron chi connectivity index (χ3n) is 5.43. The lowest BCUT2D eigenvalue weighted by Gasteiger charge is -2.19. The molecule has 0 aliphatic carbocycles. The standard InChI is InChI=1S/C25H23F3N2O2S/c1-16(2)23-14-19(13-20(15-29)33(31,32)24-12-8-5-9-17(24)3)18(4)30(23)22-11-7-6-10-21(22)25(26,27)28/h5-14,16H,1-4H3/b20-13+. The number of allylic oxidation sites excluding steroid dienone is 1. The van der Waals surface area contributed by atoms with Gasteiger partial charge in [-0.25, -0.2) is 8.42 Å². The highest BCUT2D eigenvalue weighted by Crippen LogP contribution is 2.37. The molecule has 0 bridgehead atoms. The van der Waals surface area contributed by atoms with Gasteiger partial charge in [0.1, 0.15) is 11.0 Å². The number of nitriles is 1. The van der Waals surface area contributed by atoms with Crippen molar-refractivity contribution in [2.45, 2.75) is 44.7 Å². The van der Waals surface area contributed by atoms with Crippen molar-refractivity contribution in [1.82, 2.24) is 4.57 Å². The fraction of sp³-hybridized carbons (Fsp3) is 0.240. The minimum Gasteiger partial charge on any atom is -0.317 e. The van der Waals surface area contributed by atoms with Crippen molar-refractivity contribution < 1.29 is 21.6 Å². The van der Waals surface area contributed by atoms with E-state index in [1.807, 2.05) is 13.8 Å². The molecule has 172 valence electrons. The predicted molar refractivity (Wildman–Crippen MR) is 122 cm³/mol. The zero-order valence-corrected chi connectivity index (χ0v) is 19.4. The number of para-hydroxylation sites is 1. The molecule has 3 aromatic rings. The zero-order chi connectivity index (χ0) is 24.6. The van der Waals surface area contributed by atoms with Crippen LogP contribution in [0.4, 0.5) is 13.2 Å². The zero-order valence-electron chi connectivity index (χ0n) is 18.6.